The Hall–Kier alpha value is -1.73. The molecule has 9 heteroatoms. The maximum absolute atomic E-state index is 11.2. The predicted octanol–water partition coefficient (Wildman–Crippen LogP) is -0.627. The minimum atomic E-state index is -4.42. The van der Waals surface area contributed by atoms with Gasteiger partial charge in [-0.15, -0.1) is 0 Å². The van der Waals surface area contributed by atoms with Crippen LogP contribution in [-0.2, 0) is 15.8 Å². The van der Waals surface area contributed by atoms with Crippen LogP contribution in [0.2, 0.25) is 0 Å². The number of aliphatic hydroxyl groups is 1. The Balaban J connectivity index is 0.000000861. The lowest BCUT2D eigenvalue weighted by Gasteiger charge is -2.04. The average molecular weight is 288 g/mol. The molecule has 0 bridgehead atoms. The molecule has 0 saturated carbocycles. The molecule has 0 amide bonds. The number of aliphatic hydroxyl groups excluding tert-OH is 1. The van der Waals surface area contributed by atoms with E-state index in [1.165, 1.54) is 16.7 Å². The lowest BCUT2D eigenvalue weighted by molar-refractivity contribution is -0.136. The number of nitrogens with zero attached hydrogens (tertiary/aromatic N) is 2. The Morgan fingerprint density at radius 2 is 2.00 bits per heavy atom. The van der Waals surface area contributed by atoms with Gasteiger partial charge in [0.15, 0.2) is 5.44 Å². The Bertz CT molecular complexity index is 632. The molecule has 4 N–H and O–H groups in total. The van der Waals surface area contributed by atoms with E-state index in [4.69, 9.17) is 20.0 Å². The van der Waals surface area contributed by atoms with Crippen LogP contribution in [0.15, 0.2) is 24.5 Å². The van der Waals surface area contributed by atoms with Crippen molar-refractivity contribution < 1.29 is 29.4 Å². The molecule has 2 aromatic heterocycles. The van der Waals surface area contributed by atoms with Crippen molar-refractivity contribution in [2.75, 3.05) is 7.11 Å². The van der Waals surface area contributed by atoms with Crippen LogP contribution in [0, 0.1) is 0 Å². The van der Waals surface area contributed by atoms with Gasteiger partial charge >= 0.3 is 13.6 Å². The molecule has 104 valence electrons. The van der Waals surface area contributed by atoms with Gasteiger partial charge in [-0.05, 0) is 11.6 Å². The van der Waals surface area contributed by atoms with Crippen molar-refractivity contribution in [3.8, 4) is 0 Å². The zero-order valence-electron chi connectivity index (χ0n) is 9.96. The zero-order valence-corrected chi connectivity index (χ0v) is 10.9. The monoisotopic (exact) mass is 288 g/mol. The smallest absolute Gasteiger partial charge is 0.374 e. The molecule has 0 fully saturated rings. The largest absolute Gasteiger partial charge is 0.481 e. The van der Waals surface area contributed by atoms with Gasteiger partial charge in [-0.3, -0.25) is 13.8 Å². The van der Waals surface area contributed by atoms with Crippen molar-refractivity contribution in [1.29, 1.82) is 0 Å². The van der Waals surface area contributed by atoms with Crippen LogP contribution in [0.1, 0.15) is 5.56 Å². The second-order valence-electron chi connectivity index (χ2n) is 3.50. The first-order chi connectivity index (χ1) is 8.88. The van der Waals surface area contributed by atoms with E-state index in [1.807, 2.05) is 0 Å². The van der Waals surface area contributed by atoms with Gasteiger partial charge in [-0.2, -0.15) is 0 Å². The summed E-state index contributed by atoms with van der Waals surface area (Å²) in [6, 6.07) is 3.07. The number of pyridine rings is 1. The van der Waals surface area contributed by atoms with E-state index in [-0.39, 0.29) is 11.9 Å². The number of imidazole rings is 1. The molecular formula is C10H13N2O6P. The number of aromatic nitrogens is 2. The summed E-state index contributed by atoms with van der Waals surface area (Å²) in [5, 5.41) is 15.6. The molecule has 0 aromatic carbocycles. The first-order valence-corrected chi connectivity index (χ1v) is 6.68. The lowest BCUT2D eigenvalue weighted by Crippen LogP contribution is -2.11. The quantitative estimate of drug-likeness (QED) is 0.553. The fourth-order valence-corrected chi connectivity index (χ4v) is 2.16. The van der Waals surface area contributed by atoms with E-state index in [0.29, 0.717) is 11.2 Å². The first kappa shape index (κ1) is 15.3. The van der Waals surface area contributed by atoms with Crippen molar-refractivity contribution >= 4 is 24.6 Å². The molecular weight excluding hydrogens is 275 g/mol. The summed E-state index contributed by atoms with van der Waals surface area (Å²) in [5.41, 5.74) is 0.551. The van der Waals surface area contributed by atoms with E-state index < -0.39 is 13.6 Å². The highest BCUT2D eigenvalue weighted by molar-refractivity contribution is 7.60. The van der Waals surface area contributed by atoms with E-state index in [2.05, 4.69) is 4.98 Å². The minimum absolute atomic E-state index is 0.214. The average Bonchev–Trinajstić information content (AvgIpc) is 2.73. The Labute approximate surface area is 108 Å². The second-order valence-corrected chi connectivity index (χ2v) is 5.04. The molecule has 0 spiro atoms. The summed E-state index contributed by atoms with van der Waals surface area (Å²) < 4.78 is 12.4. The van der Waals surface area contributed by atoms with Crippen LogP contribution < -0.4 is 5.44 Å². The number of carboxylic acids is 1. The van der Waals surface area contributed by atoms with Crippen LogP contribution in [-0.4, -0.2) is 42.5 Å². The molecule has 0 unspecified atom stereocenters. The topological polar surface area (TPSA) is 132 Å². The molecule has 0 saturated heterocycles. The number of rotatable bonds is 3. The van der Waals surface area contributed by atoms with E-state index >= 15 is 0 Å². The van der Waals surface area contributed by atoms with Crippen molar-refractivity contribution in [3.63, 3.8) is 0 Å². The normalized spacial score (nSPS) is 10.9. The van der Waals surface area contributed by atoms with Gasteiger partial charge in [0, 0.05) is 13.3 Å². The molecule has 2 aromatic rings. The van der Waals surface area contributed by atoms with Crippen molar-refractivity contribution in [1.82, 2.24) is 9.38 Å². The molecule has 2 heterocycles. The number of hydrogen-bond donors (Lipinski definition) is 4. The van der Waals surface area contributed by atoms with Crippen molar-refractivity contribution in [2.24, 2.45) is 0 Å². The molecule has 19 heavy (non-hydrogen) atoms. The third-order valence-corrected chi connectivity index (χ3v) is 3.13. The third kappa shape index (κ3) is 3.62. The first-order valence-electron chi connectivity index (χ1n) is 5.06. The highest BCUT2D eigenvalue weighted by atomic mass is 31.2. The molecule has 0 atom stereocenters. The number of carbonyl (C=O) groups is 1. The Kier molecular flexibility index (Phi) is 4.79. The van der Waals surface area contributed by atoms with Crippen LogP contribution in [0.3, 0.4) is 0 Å². The number of carboxylic acid groups (broad SMARTS) is 1. The Morgan fingerprint density at radius 1 is 1.37 bits per heavy atom. The Morgan fingerprint density at radius 3 is 2.53 bits per heavy atom. The van der Waals surface area contributed by atoms with Gasteiger partial charge in [-0.1, -0.05) is 6.07 Å². The molecule has 8 nitrogen and oxygen atoms in total. The summed E-state index contributed by atoms with van der Waals surface area (Å²) in [6.07, 6.45) is 2.24. The lowest BCUT2D eigenvalue weighted by atomic mass is 10.2. The zero-order chi connectivity index (χ0) is 14.6. The summed E-state index contributed by atoms with van der Waals surface area (Å²) >= 11 is 0. The van der Waals surface area contributed by atoms with Gasteiger partial charge in [0.1, 0.15) is 5.65 Å². The summed E-state index contributed by atoms with van der Waals surface area (Å²) in [5.74, 6) is -1.01. The van der Waals surface area contributed by atoms with Gasteiger partial charge in [0.2, 0.25) is 0 Å². The van der Waals surface area contributed by atoms with E-state index in [9.17, 15) is 9.36 Å². The fraction of sp³-hybridized carbons (Fsp3) is 0.200. The number of aliphatic carboxylic acids is 1. The summed E-state index contributed by atoms with van der Waals surface area (Å²) in [4.78, 5) is 32.5. The fourth-order valence-electron chi connectivity index (χ4n) is 1.51. The standard InChI is InChI=1S/C9H9N2O5P.CH4O/c12-9(13)3-6-1-2-7-10-4-8(11(7)5-6)17(14,15)16;1-2/h1-2,4-5H,3H2,(H,12,13)(H2,14,15,16);2H,1H3. The minimum Gasteiger partial charge on any atom is -0.481 e. The van der Waals surface area contributed by atoms with Crippen molar-refractivity contribution in [3.05, 3.63) is 30.1 Å². The maximum Gasteiger partial charge on any atom is 0.374 e. The van der Waals surface area contributed by atoms with Crippen molar-refractivity contribution in [2.45, 2.75) is 6.42 Å². The SMILES string of the molecule is CO.O=C(O)Cc1ccc2ncc(P(=O)(O)O)n2c1. The van der Waals surface area contributed by atoms with Crippen LogP contribution in [0.25, 0.3) is 5.65 Å². The maximum atomic E-state index is 11.2. The third-order valence-electron chi connectivity index (χ3n) is 2.20. The van der Waals surface area contributed by atoms with Crippen LogP contribution in [0.4, 0.5) is 0 Å². The van der Waals surface area contributed by atoms with Gasteiger partial charge in [-0.25, -0.2) is 4.98 Å². The van der Waals surface area contributed by atoms with E-state index in [0.717, 1.165) is 13.3 Å². The highest BCUT2D eigenvalue weighted by Gasteiger charge is 2.22. The van der Waals surface area contributed by atoms with Crippen LogP contribution in [0.5, 0.6) is 0 Å². The number of fused-ring (bicyclic) bond motifs is 1. The van der Waals surface area contributed by atoms with Gasteiger partial charge in [0.05, 0.1) is 12.6 Å². The number of hydrogen-bond acceptors (Lipinski definition) is 4. The molecule has 2 rings (SSSR count). The summed E-state index contributed by atoms with van der Waals surface area (Å²) in [7, 11) is -3.42. The van der Waals surface area contributed by atoms with Gasteiger partial charge in [0.25, 0.3) is 0 Å². The summed E-state index contributed by atoms with van der Waals surface area (Å²) in [6.45, 7) is 0. The molecule has 0 radical (unpaired) electrons. The predicted molar refractivity (Wildman–Crippen MR) is 66.4 cm³/mol. The highest BCUT2D eigenvalue weighted by Crippen LogP contribution is 2.33. The van der Waals surface area contributed by atoms with Crippen LogP contribution >= 0.6 is 7.60 Å². The molecule has 0 aliphatic carbocycles. The molecule has 0 aliphatic heterocycles. The van der Waals surface area contributed by atoms with E-state index in [1.54, 1.807) is 6.07 Å². The second kappa shape index (κ2) is 5.94. The van der Waals surface area contributed by atoms with Gasteiger partial charge < -0.3 is 20.0 Å². The molecule has 0 aliphatic rings.